The lowest BCUT2D eigenvalue weighted by atomic mass is 10.2. The molecule has 126 valence electrons. The summed E-state index contributed by atoms with van der Waals surface area (Å²) in [6.07, 6.45) is -2.07. The third-order valence-electron chi connectivity index (χ3n) is 3.55. The maximum atomic E-state index is 12.5. The number of carboxylic acids is 1. The van der Waals surface area contributed by atoms with Crippen LogP contribution >= 0.6 is 0 Å². The highest BCUT2D eigenvalue weighted by atomic mass is 19.4. The van der Waals surface area contributed by atoms with Crippen molar-refractivity contribution in [1.29, 1.82) is 0 Å². The van der Waals surface area contributed by atoms with E-state index in [0.29, 0.717) is 19.0 Å². The largest absolute Gasteiger partial charge is 0.480 e. The second-order valence-electron chi connectivity index (χ2n) is 5.29. The second-order valence-corrected chi connectivity index (χ2v) is 5.29. The summed E-state index contributed by atoms with van der Waals surface area (Å²) < 4.78 is 38.5. The number of pyridine rings is 1. The zero-order valence-corrected chi connectivity index (χ0v) is 11.9. The molecule has 0 bridgehead atoms. The van der Waals surface area contributed by atoms with Crippen molar-refractivity contribution in [3.63, 3.8) is 0 Å². The molecule has 2 heterocycles. The van der Waals surface area contributed by atoms with E-state index in [2.05, 4.69) is 20.6 Å². The van der Waals surface area contributed by atoms with Crippen LogP contribution in [0.2, 0.25) is 0 Å². The fraction of sp³-hybridized carbons (Fsp3) is 0.308. The molecule has 0 saturated heterocycles. The summed E-state index contributed by atoms with van der Waals surface area (Å²) in [6.45, 7) is 0. The van der Waals surface area contributed by atoms with Gasteiger partial charge in [-0.2, -0.15) is 13.2 Å². The molecule has 0 aliphatic heterocycles. The van der Waals surface area contributed by atoms with Crippen molar-refractivity contribution in [3.8, 4) is 5.82 Å². The van der Waals surface area contributed by atoms with Gasteiger partial charge in [-0.25, -0.2) is 14.5 Å². The average Bonchev–Trinajstić information content (AvgIpc) is 3.13. The van der Waals surface area contributed by atoms with Gasteiger partial charge in [0.2, 0.25) is 0 Å². The quantitative estimate of drug-likeness (QED) is 0.859. The number of nitrogens with one attached hydrogen (secondary N) is 1. The Kier molecular flexibility index (Phi) is 3.50. The van der Waals surface area contributed by atoms with Gasteiger partial charge in [0, 0.05) is 6.20 Å². The van der Waals surface area contributed by atoms with E-state index in [1.54, 1.807) is 0 Å². The van der Waals surface area contributed by atoms with E-state index in [9.17, 15) is 22.8 Å². The highest BCUT2D eigenvalue weighted by Gasteiger charge is 2.52. The van der Waals surface area contributed by atoms with Crippen LogP contribution in [-0.2, 0) is 11.0 Å². The zero-order chi connectivity index (χ0) is 17.5. The van der Waals surface area contributed by atoms with Crippen LogP contribution in [0, 0.1) is 0 Å². The lowest BCUT2D eigenvalue weighted by molar-refractivity contribution is -0.140. The Hall–Kier alpha value is -2.98. The number of hydrogen-bond acceptors (Lipinski definition) is 5. The van der Waals surface area contributed by atoms with Gasteiger partial charge in [-0.15, -0.1) is 5.10 Å². The van der Waals surface area contributed by atoms with Crippen LogP contribution < -0.4 is 5.32 Å². The third kappa shape index (κ3) is 2.92. The summed E-state index contributed by atoms with van der Waals surface area (Å²) in [4.78, 5) is 26.6. The van der Waals surface area contributed by atoms with Gasteiger partial charge < -0.3 is 10.4 Å². The van der Waals surface area contributed by atoms with Gasteiger partial charge >= 0.3 is 12.1 Å². The maximum absolute atomic E-state index is 12.5. The molecule has 0 radical (unpaired) electrons. The van der Waals surface area contributed by atoms with Gasteiger partial charge in [-0.05, 0) is 25.0 Å². The molecule has 1 amide bonds. The molecule has 1 saturated carbocycles. The number of carbonyl (C=O) groups excluding carboxylic acids is 1. The Labute approximate surface area is 132 Å². The van der Waals surface area contributed by atoms with Gasteiger partial charge in [0.1, 0.15) is 5.54 Å². The Balaban J connectivity index is 1.76. The first-order chi connectivity index (χ1) is 11.2. The van der Waals surface area contributed by atoms with Gasteiger partial charge in [0.05, 0.1) is 11.8 Å². The SMILES string of the molecule is O=C(NC1(C(=O)O)CC1)c1cn(-c2ccc(C(F)(F)F)cn2)nn1. The van der Waals surface area contributed by atoms with Crippen molar-refractivity contribution in [2.75, 3.05) is 0 Å². The maximum Gasteiger partial charge on any atom is 0.417 e. The van der Waals surface area contributed by atoms with Crippen LogP contribution in [0.5, 0.6) is 0 Å². The minimum Gasteiger partial charge on any atom is -0.480 e. The Morgan fingerprint density at radius 1 is 1.29 bits per heavy atom. The predicted octanol–water partition coefficient (Wildman–Crippen LogP) is 1.03. The number of hydrogen-bond donors (Lipinski definition) is 2. The molecule has 11 heteroatoms. The van der Waals surface area contributed by atoms with Crippen LogP contribution in [0.3, 0.4) is 0 Å². The second kappa shape index (κ2) is 5.28. The predicted molar refractivity (Wildman–Crippen MR) is 71.2 cm³/mol. The summed E-state index contributed by atoms with van der Waals surface area (Å²) in [6, 6.07) is 1.91. The lowest BCUT2D eigenvalue weighted by Gasteiger charge is -2.10. The number of carbonyl (C=O) groups is 2. The van der Waals surface area contributed by atoms with E-state index in [0.717, 1.165) is 23.0 Å². The van der Waals surface area contributed by atoms with Crippen LogP contribution in [0.15, 0.2) is 24.5 Å². The van der Waals surface area contributed by atoms with Crippen molar-refractivity contribution in [1.82, 2.24) is 25.3 Å². The number of halogens is 3. The standard InChI is InChI=1S/C13H10F3N5O3/c14-13(15,16)7-1-2-9(17-5-7)21-6-8(19-20-21)10(22)18-12(3-4-12)11(23)24/h1-2,5-6H,3-4H2,(H,18,22)(H,23,24). The summed E-state index contributed by atoms with van der Waals surface area (Å²) in [5.74, 6) is -1.82. The molecule has 0 atom stereocenters. The molecule has 2 aromatic rings. The fourth-order valence-electron chi connectivity index (χ4n) is 1.97. The highest BCUT2D eigenvalue weighted by molar-refractivity contribution is 5.97. The van der Waals surface area contributed by atoms with Crippen molar-refractivity contribution >= 4 is 11.9 Å². The van der Waals surface area contributed by atoms with E-state index in [1.807, 2.05) is 0 Å². The Morgan fingerprint density at radius 2 is 2.00 bits per heavy atom. The first-order valence-electron chi connectivity index (χ1n) is 6.73. The molecule has 1 fully saturated rings. The molecular formula is C13H10F3N5O3. The summed E-state index contributed by atoms with van der Waals surface area (Å²) in [5.41, 5.74) is -2.35. The number of rotatable bonds is 4. The van der Waals surface area contributed by atoms with Gasteiger partial charge in [-0.1, -0.05) is 5.21 Å². The summed E-state index contributed by atoms with van der Waals surface area (Å²) in [5, 5.41) is 18.6. The molecule has 0 spiro atoms. The normalized spacial score (nSPS) is 15.8. The van der Waals surface area contributed by atoms with Crippen LogP contribution in [0.25, 0.3) is 5.82 Å². The van der Waals surface area contributed by atoms with Crippen molar-refractivity contribution < 1.29 is 27.9 Å². The van der Waals surface area contributed by atoms with Crippen LogP contribution in [-0.4, -0.2) is 42.5 Å². The molecule has 0 aromatic carbocycles. The molecule has 24 heavy (non-hydrogen) atoms. The molecular weight excluding hydrogens is 331 g/mol. The molecule has 8 nitrogen and oxygen atoms in total. The minimum absolute atomic E-state index is 0.0360. The number of alkyl halides is 3. The summed E-state index contributed by atoms with van der Waals surface area (Å²) >= 11 is 0. The minimum atomic E-state index is -4.51. The number of aromatic nitrogens is 4. The topological polar surface area (TPSA) is 110 Å². The highest BCUT2D eigenvalue weighted by Crippen LogP contribution is 2.35. The van der Waals surface area contributed by atoms with E-state index >= 15 is 0 Å². The zero-order valence-electron chi connectivity index (χ0n) is 11.9. The number of carboxylic acid groups (broad SMARTS) is 1. The van der Waals surface area contributed by atoms with Crippen LogP contribution in [0.1, 0.15) is 28.9 Å². The van der Waals surface area contributed by atoms with Crippen molar-refractivity contribution in [2.24, 2.45) is 0 Å². The van der Waals surface area contributed by atoms with Gasteiger partial charge in [0.25, 0.3) is 5.91 Å². The first-order valence-corrected chi connectivity index (χ1v) is 6.73. The Morgan fingerprint density at radius 3 is 2.50 bits per heavy atom. The van der Waals surface area contributed by atoms with Gasteiger partial charge in [0.15, 0.2) is 11.5 Å². The molecule has 1 aliphatic rings. The monoisotopic (exact) mass is 341 g/mol. The van der Waals surface area contributed by atoms with E-state index in [-0.39, 0.29) is 11.5 Å². The summed E-state index contributed by atoms with van der Waals surface area (Å²) in [7, 11) is 0. The van der Waals surface area contributed by atoms with Gasteiger partial charge in [-0.3, -0.25) is 4.79 Å². The average molecular weight is 341 g/mol. The first kappa shape index (κ1) is 15.9. The van der Waals surface area contributed by atoms with E-state index in [1.165, 1.54) is 0 Å². The third-order valence-corrected chi connectivity index (χ3v) is 3.55. The van der Waals surface area contributed by atoms with Crippen molar-refractivity contribution in [3.05, 3.63) is 35.8 Å². The molecule has 2 N–H and O–H groups in total. The number of amides is 1. The van der Waals surface area contributed by atoms with Crippen LogP contribution in [0.4, 0.5) is 13.2 Å². The molecule has 3 rings (SSSR count). The molecule has 2 aromatic heterocycles. The molecule has 0 unspecified atom stereocenters. The Bertz CT molecular complexity index is 796. The molecule has 1 aliphatic carbocycles. The smallest absolute Gasteiger partial charge is 0.417 e. The number of nitrogens with zero attached hydrogens (tertiary/aromatic N) is 4. The van der Waals surface area contributed by atoms with E-state index < -0.39 is 29.2 Å². The van der Waals surface area contributed by atoms with Crippen molar-refractivity contribution in [2.45, 2.75) is 24.6 Å². The lowest BCUT2D eigenvalue weighted by Crippen LogP contribution is -2.43. The fourth-order valence-corrected chi connectivity index (χ4v) is 1.97. The van der Waals surface area contributed by atoms with E-state index in [4.69, 9.17) is 5.11 Å². The number of aliphatic carboxylic acids is 1.